The molecule has 1 fully saturated rings. The van der Waals surface area contributed by atoms with Gasteiger partial charge in [0.2, 0.25) is 5.91 Å². The molecule has 0 aromatic rings. The third-order valence-corrected chi connectivity index (χ3v) is 4.22. The molecule has 3 unspecified atom stereocenters. The fourth-order valence-corrected chi connectivity index (χ4v) is 2.90. The van der Waals surface area contributed by atoms with Crippen molar-refractivity contribution < 1.29 is 14.7 Å². The van der Waals surface area contributed by atoms with Crippen molar-refractivity contribution in [1.82, 2.24) is 10.2 Å². The summed E-state index contributed by atoms with van der Waals surface area (Å²) in [6.07, 6.45) is 3.37. The summed E-state index contributed by atoms with van der Waals surface area (Å²) in [4.78, 5) is 25.1. The Morgan fingerprint density at radius 2 is 2.26 bits per heavy atom. The molecule has 110 valence electrons. The molecule has 7 heteroatoms. The van der Waals surface area contributed by atoms with Crippen LogP contribution in [0.4, 0.5) is 4.79 Å². The molecule has 4 N–H and O–H groups in total. The van der Waals surface area contributed by atoms with Crippen LogP contribution in [0.5, 0.6) is 0 Å². The first-order valence-corrected chi connectivity index (χ1v) is 7.86. The molecule has 0 aliphatic carbocycles. The first-order chi connectivity index (χ1) is 9.01. The normalized spacial score (nSPS) is 24.3. The highest BCUT2D eigenvalue weighted by Gasteiger charge is 2.36. The lowest BCUT2D eigenvalue weighted by Gasteiger charge is -2.29. The number of nitrogens with zero attached hydrogens (tertiary/aromatic N) is 1. The number of thioether (sulfide) groups is 1. The van der Waals surface area contributed by atoms with Gasteiger partial charge in [0.25, 0.3) is 0 Å². The van der Waals surface area contributed by atoms with Crippen LogP contribution in [0.25, 0.3) is 0 Å². The summed E-state index contributed by atoms with van der Waals surface area (Å²) < 4.78 is 0. The molecule has 1 rings (SSSR count). The zero-order chi connectivity index (χ0) is 14.4. The fourth-order valence-electron chi connectivity index (χ4n) is 2.43. The number of aliphatic hydroxyl groups is 1. The Balaban J connectivity index is 2.71. The Bertz CT molecular complexity index is 327. The van der Waals surface area contributed by atoms with E-state index < -0.39 is 12.1 Å². The molecule has 3 amide bonds. The van der Waals surface area contributed by atoms with E-state index in [1.807, 2.05) is 13.2 Å². The summed E-state index contributed by atoms with van der Waals surface area (Å²) >= 11 is 1.61. The van der Waals surface area contributed by atoms with Gasteiger partial charge in [-0.1, -0.05) is 6.92 Å². The van der Waals surface area contributed by atoms with E-state index in [9.17, 15) is 14.7 Å². The van der Waals surface area contributed by atoms with E-state index in [2.05, 4.69) is 5.32 Å². The maximum absolute atomic E-state index is 12.4. The predicted octanol–water partition coefficient (Wildman–Crippen LogP) is 0.00570. The summed E-state index contributed by atoms with van der Waals surface area (Å²) in [5.74, 6) is 0.907. The minimum absolute atomic E-state index is 0.0429. The molecule has 0 saturated carbocycles. The third kappa shape index (κ3) is 4.28. The van der Waals surface area contributed by atoms with Crippen molar-refractivity contribution in [2.75, 3.05) is 25.2 Å². The van der Waals surface area contributed by atoms with Crippen LogP contribution in [0.2, 0.25) is 0 Å². The number of aliphatic hydroxyl groups excluding tert-OH is 1. The maximum atomic E-state index is 12.4. The summed E-state index contributed by atoms with van der Waals surface area (Å²) in [7, 11) is 0. The number of urea groups is 1. The molecule has 1 aliphatic heterocycles. The lowest BCUT2D eigenvalue weighted by atomic mass is 10.0. The minimum Gasteiger partial charge on any atom is -0.394 e. The van der Waals surface area contributed by atoms with E-state index >= 15 is 0 Å². The number of rotatable bonds is 6. The third-order valence-electron chi connectivity index (χ3n) is 3.58. The number of carbonyl (C=O) groups is 2. The van der Waals surface area contributed by atoms with E-state index in [-0.39, 0.29) is 24.5 Å². The van der Waals surface area contributed by atoms with Gasteiger partial charge in [0, 0.05) is 6.54 Å². The standard InChI is InChI=1S/C12H23N3O3S/c1-8-3-5-15(10(8)7-16)11(17)9(4-6-19-2)14-12(13)18/h8-10,16H,3-7H2,1-2H3,(H3,13,14,18). The van der Waals surface area contributed by atoms with Crippen molar-refractivity contribution in [2.24, 2.45) is 11.7 Å². The molecular formula is C12H23N3O3S. The quantitative estimate of drug-likeness (QED) is 0.641. The Morgan fingerprint density at radius 3 is 2.79 bits per heavy atom. The number of nitrogens with two attached hydrogens (primary N) is 1. The van der Waals surface area contributed by atoms with Gasteiger partial charge in [-0.05, 0) is 30.8 Å². The second-order valence-electron chi connectivity index (χ2n) is 4.89. The SMILES string of the molecule is CSCCC(NC(N)=O)C(=O)N1CCC(C)C1CO. The van der Waals surface area contributed by atoms with Gasteiger partial charge < -0.3 is 21.1 Å². The van der Waals surface area contributed by atoms with Crippen LogP contribution in [0, 0.1) is 5.92 Å². The molecule has 3 atom stereocenters. The van der Waals surface area contributed by atoms with Crippen molar-refractivity contribution in [3.8, 4) is 0 Å². The topological polar surface area (TPSA) is 95.7 Å². The summed E-state index contributed by atoms with van der Waals surface area (Å²) in [5, 5.41) is 11.9. The predicted molar refractivity (Wildman–Crippen MR) is 75.9 cm³/mol. The average Bonchev–Trinajstić information content (AvgIpc) is 2.74. The smallest absolute Gasteiger partial charge is 0.312 e. The summed E-state index contributed by atoms with van der Waals surface area (Å²) in [6.45, 7) is 2.60. The van der Waals surface area contributed by atoms with Crippen molar-refractivity contribution >= 4 is 23.7 Å². The van der Waals surface area contributed by atoms with Crippen LogP contribution in [0.15, 0.2) is 0 Å². The second-order valence-corrected chi connectivity index (χ2v) is 5.88. The van der Waals surface area contributed by atoms with Gasteiger partial charge in [-0.2, -0.15) is 11.8 Å². The number of primary amides is 1. The molecule has 0 radical (unpaired) electrons. The summed E-state index contributed by atoms with van der Waals surface area (Å²) in [5.41, 5.74) is 5.12. The number of likely N-dealkylation sites (tertiary alicyclic amines) is 1. The molecule has 0 aromatic carbocycles. The van der Waals surface area contributed by atoms with E-state index in [0.717, 1.165) is 12.2 Å². The van der Waals surface area contributed by atoms with Crippen LogP contribution in [-0.2, 0) is 4.79 Å². The first kappa shape index (κ1) is 16.1. The van der Waals surface area contributed by atoms with E-state index in [0.29, 0.717) is 13.0 Å². The molecule has 1 aliphatic rings. The highest BCUT2D eigenvalue weighted by atomic mass is 32.2. The van der Waals surface area contributed by atoms with Crippen molar-refractivity contribution in [1.29, 1.82) is 0 Å². The largest absolute Gasteiger partial charge is 0.394 e. The van der Waals surface area contributed by atoms with Crippen LogP contribution < -0.4 is 11.1 Å². The van der Waals surface area contributed by atoms with Crippen LogP contribution >= 0.6 is 11.8 Å². The lowest BCUT2D eigenvalue weighted by Crippen LogP contribution is -2.52. The monoisotopic (exact) mass is 289 g/mol. The van der Waals surface area contributed by atoms with Crippen molar-refractivity contribution in [3.63, 3.8) is 0 Å². The Labute approximate surface area is 118 Å². The van der Waals surface area contributed by atoms with Gasteiger partial charge in [-0.25, -0.2) is 4.79 Å². The van der Waals surface area contributed by atoms with E-state index in [1.165, 1.54) is 0 Å². The lowest BCUT2D eigenvalue weighted by molar-refractivity contribution is -0.135. The molecule has 1 saturated heterocycles. The zero-order valence-corrected chi connectivity index (χ0v) is 12.3. The van der Waals surface area contributed by atoms with Crippen LogP contribution in [0.1, 0.15) is 19.8 Å². The highest BCUT2D eigenvalue weighted by molar-refractivity contribution is 7.98. The van der Waals surface area contributed by atoms with Crippen molar-refractivity contribution in [2.45, 2.75) is 31.8 Å². The molecule has 0 spiro atoms. The minimum atomic E-state index is -0.688. The Hall–Kier alpha value is -0.950. The highest BCUT2D eigenvalue weighted by Crippen LogP contribution is 2.24. The van der Waals surface area contributed by atoms with E-state index in [1.54, 1.807) is 16.7 Å². The van der Waals surface area contributed by atoms with Gasteiger partial charge in [-0.3, -0.25) is 4.79 Å². The molecule has 1 heterocycles. The van der Waals surface area contributed by atoms with Crippen LogP contribution in [-0.4, -0.2) is 59.2 Å². The average molecular weight is 289 g/mol. The van der Waals surface area contributed by atoms with Gasteiger partial charge in [-0.15, -0.1) is 0 Å². The second kappa shape index (κ2) is 7.59. The van der Waals surface area contributed by atoms with Crippen LogP contribution in [0.3, 0.4) is 0 Å². The van der Waals surface area contributed by atoms with E-state index in [4.69, 9.17) is 5.73 Å². The van der Waals surface area contributed by atoms with Gasteiger partial charge in [0.05, 0.1) is 12.6 Å². The molecule has 19 heavy (non-hydrogen) atoms. The molecule has 0 bridgehead atoms. The Morgan fingerprint density at radius 1 is 1.58 bits per heavy atom. The summed E-state index contributed by atoms with van der Waals surface area (Å²) in [6, 6.07) is -1.43. The van der Waals surface area contributed by atoms with Gasteiger partial charge in [0.1, 0.15) is 6.04 Å². The van der Waals surface area contributed by atoms with Gasteiger partial charge >= 0.3 is 6.03 Å². The van der Waals surface area contributed by atoms with Gasteiger partial charge in [0.15, 0.2) is 0 Å². The Kier molecular flexibility index (Phi) is 6.44. The zero-order valence-electron chi connectivity index (χ0n) is 11.5. The molecule has 0 aromatic heterocycles. The molecular weight excluding hydrogens is 266 g/mol. The number of amides is 3. The number of hydrogen-bond donors (Lipinski definition) is 3. The molecule has 6 nitrogen and oxygen atoms in total. The number of hydrogen-bond acceptors (Lipinski definition) is 4. The number of nitrogens with one attached hydrogen (secondary N) is 1. The maximum Gasteiger partial charge on any atom is 0.312 e. The first-order valence-electron chi connectivity index (χ1n) is 6.47. The van der Waals surface area contributed by atoms with Crippen molar-refractivity contribution in [3.05, 3.63) is 0 Å². The fraction of sp³-hybridized carbons (Fsp3) is 0.833. The number of carbonyl (C=O) groups excluding carboxylic acids is 2.